The lowest BCUT2D eigenvalue weighted by atomic mass is 9.92. The molecule has 3 aromatic carbocycles. The van der Waals surface area contributed by atoms with Crippen LogP contribution in [0.1, 0.15) is 120 Å². The average molecular weight is 867 g/mol. The van der Waals surface area contributed by atoms with Crippen LogP contribution in [0.15, 0.2) is 79.0 Å². The molecule has 0 unspecified atom stereocenters. The van der Waals surface area contributed by atoms with Crippen LogP contribution in [0.3, 0.4) is 0 Å². The van der Waals surface area contributed by atoms with E-state index in [4.69, 9.17) is 19.4 Å². The number of nitrogens with zero attached hydrogens (tertiary/aromatic N) is 4. The maximum absolute atomic E-state index is 14.3. The van der Waals surface area contributed by atoms with Gasteiger partial charge in [0.2, 0.25) is 11.8 Å². The quantitative estimate of drug-likeness (QED) is 0.102. The van der Waals surface area contributed by atoms with E-state index in [0.29, 0.717) is 18.9 Å². The molecule has 14 heteroatoms. The van der Waals surface area contributed by atoms with Crippen molar-refractivity contribution in [2.75, 3.05) is 20.2 Å². The Morgan fingerprint density at radius 1 is 0.828 bits per heavy atom. The Morgan fingerprint density at radius 3 is 2.20 bits per heavy atom. The number of aromatic nitrogens is 4. The Labute approximate surface area is 374 Å². The van der Waals surface area contributed by atoms with Crippen molar-refractivity contribution in [2.24, 2.45) is 11.3 Å². The summed E-state index contributed by atoms with van der Waals surface area (Å²) in [6.07, 6.45) is 5.06. The molecule has 14 nitrogen and oxygen atoms in total. The second-order valence-corrected chi connectivity index (χ2v) is 18.9. The standard InChI is InChI=1S/C50H58N8O6/c1-30(2)41(55-47(61)63-7)45(59)58-29-50(23-24-50)27-40(58)44-52-36-22-19-33(26-37(36)53-44)16-15-32-17-20-35(21-18-32)38-28-51-43(54-38)39-14-11-25-57(39)46(60)42(56-48(62)64-49(4,5)6)31(3)34-12-9-8-10-13-34/h8-10,12-13,17-22,26,28,30-31,39-42H,11,14,23-25,27,29H2,1-7H3,(H,51,54)(H,52,53)(H,55,61)(H,56,62)/t31-,39-,40-,41-,42-/m0/s1. The van der Waals surface area contributed by atoms with E-state index < -0.39 is 29.9 Å². The van der Waals surface area contributed by atoms with Crippen LogP contribution in [-0.2, 0) is 19.1 Å². The van der Waals surface area contributed by atoms with Crippen LogP contribution < -0.4 is 10.6 Å². The number of imidazole rings is 2. The first-order valence-electron chi connectivity index (χ1n) is 22.3. The molecule has 5 atom stereocenters. The van der Waals surface area contributed by atoms with Gasteiger partial charge in [0, 0.05) is 30.1 Å². The summed E-state index contributed by atoms with van der Waals surface area (Å²) in [5, 5.41) is 5.64. The minimum Gasteiger partial charge on any atom is -0.453 e. The topological polar surface area (TPSA) is 175 Å². The van der Waals surface area contributed by atoms with Crippen LogP contribution in [-0.4, -0.2) is 91.6 Å². The highest BCUT2D eigenvalue weighted by atomic mass is 16.6. The monoisotopic (exact) mass is 866 g/mol. The highest BCUT2D eigenvalue weighted by Gasteiger charge is 2.55. The van der Waals surface area contributed by atoms with Gasteiger partial charge in [-0.1, -0.05) is 75.1 Å². The third-order valence-electron chi connectivity index (χ3n) is 12.7. The predicted molar refractivity (Wildman–Crippen MR) is 243 cm³/mol. The van der Waals surface area contributed by atoms with Gasteiger partial charge in [0.15, 0.2) is 0 Å². The Hall–Kier alpha value is -6.62. The van der Waals surface area contributed by atoms with Crippen molar-refractivity contribution in [3.63, 3.8) is 0 Å². The smallest absolute Gasteiger partial charge is 0.408 e. The van der Waals surface area contributed by atoms with Gasteiger partial charge in [-0.25, -0.2) is 19.6 Å². The zero-order valence-electron chi connectivity index (χ0n) is 37.7. The molecule has 5 aromatic rings. The van der Waals surface area contributed by atoms with Crippen LogP contribution in [0.2, 0.25) is 0 Å². The van der Waals surface area contributed by atoms with Gasteiger partial charge in [-0.15, -0.1) is 0 Å². The maximum Gasteiger partial charge on any atom is 0.408 e. The fraction of sp³-hybridized carbons (Fsp3) is 0.440. The van der Waals surface area contributed by atoms with Crippen molar-refractivity contribution in [1.29, 1.82) is 0 Å². The lowest BCUT2D eigenvalue weighted by molar-refractivity contribution is -0.136. The number of ether oxygens (including phenoxy) is 2. The number of carbonyl (C=O) groups is 4. The van der Waals surface area contributed by atoms with E-state index in [0.717, 1.165) is 76.9 Å². The fourth-order valence-corrected chi connectivity index (χ4v) is 9.02. The lowest BCUT2D eigenvalue weighted by Crippen LogP contribution is -2.52. The summed E-state index contributed by atoms with van der Waals surface area (Å²) in [5.41, 5.74) is 5.39. The summed E-state index contributed by atoms with van der Waals surface area (Å²) in [6.45, 7) is 12.4. The SMILES string of the molecule is COC(=O)N[C@H](C(=O)N1CC2(CC2)C[C@H]1c1nc2ccc(C#Cc3ccc(-c4cnc([C@@H]5CCCN5C(=O)[C@@H](NC(=O)OC(C)(C)C)[C@@H](C)c5ccccc5)[nH]4)cc3)cc2[nH]1)C(C)C. The second kappa shape index (κ2) is 17.9. The van der Waals surface area contributed by atoms with Crippen LogP contribution in [0.5, 0.6) is 0 Å². The molecule has 4 N–H and O–H groups in total. The number of fused-ring (bicyclic) bond motifs is 1. The number of H-pyrrole nitrogens is 2. The first kappa shape index (κ1) is 44.0. The van der Waals surface area contributed by atoms with Gasteiger partial charge in [0.05, 0.1) is 42.1 Å². The zero-order chi connectivity index (χ0) is 45.3. The summed E-state index contributed by atoms with van der Waals surface area (Å²) in [4.78, 5) is 73.8. The number of nitrogens with one attached hydrogen (secondary N) is 4. The molecule has 2 aliphatic heterocycles. The Balaban J connectivity index is 0.946. The predicted octanol–water partition coefficient (Wildman–Crippen LogP) is 8.15. The summed E-state index contributed by atoms with van der Waals surface area (Å²) in [7, 11) is 1.30. The van der Waals surface area contributed by atoms with Gasteiger partial charge in [-0.2, -0.15) is 0 Å². The molecule has 1 saturated carbocycles. The molecule has 2 saturated heterocycles. The molecule has 0 radical (unpaired) electrons. The Bertz CT molecular complexity index is 2580. The number of carbonyl (C=O) groups excluding carboxylic acids is 4. The second-order valence-electron chi connectivity index (χ2n) is 18.9. The third-order valence-corrected chi connectivity index (χ3v) is 12.7. The van der Waals surface area contributed by atoms with Gasteiger partial charge < -0.3 is 39.9 Å². The lowest BCUT2D eigenvalue weighted by Gasteiger charge is -2.32. The van der Waals surface area contributed by atoms with Crippen molar-refractivity contribution in [2.45, 2.75) is 109 Å². The first-order valence-corrected chi connectivity index (χ1v) is 22.3. The van der Waals surface area contributed by atoms with E-state index in [1.807, 2.05) is 103 Å². The van der Waals surface area contributed by atoms with Crippen molar-refractivity contribution in [3.8, 4) is 23.1 Å². The van der Waals surface area contributed by atoms with Gasteiger partial charge in [-0.3, -0.25) is 9.59 Å². The summed E-state index contributed by atoms with van der Waals surface area (Å²) in [5.74, 6) is 7.28. The molecule has 4 heterocycles. The first-order chi connectivity index (χ1) is 30.6. The number of methoxy groups -OCH3 is 1. The van der Waals surface area contributed by atoms with Gasteiger partial charge in [-0.05, 0) is 106 Å². The molecule has 334 valence electrons. The number of aromatic amines is 2. The van der Waals surface area contributed by atoms with Gasteiger partial charge in [0.1, 0.15) is 29.3 Å². The number of amides is 4. The largest absolute Gasteiger partial charge is 0.453 e. The number of likely N-dealkylation sites (tertiary alicyclic amines) is 2. The molecule has 3 fully saturated rings. The Morgan fingerprint density at radius 2 is 1.52 bits per heavy atom. The fourth-order valence-electron chi connectivity index (χ4n) is 9.02. The molecule has 3 aliphatic rings. The van der Waals surface area contributed by atoms with Crippen molar-refractivity contribution in [3.05, 3.63) is 107 Å². The van der Waals surface area contributed by atoms with Gasteiger partial charge in [0.25, 0.3) is 0 Å². The maximum atomic E-state index is 14.3. The van der Waals surface area contributed by atoms with Gasteiger partial charge >= 0.3 is 12.2 Å². The van der Waals surface area contributed by atoms with E-state index in [1.54, 1.807) is 27.0 Å². The third kappa shape index (κ3) is 9.63. The van der Waals surface area contributed by atoms with E-state index in [9.17, 15) is 19.2 Å². The molecule has 64 heavy (non-hydrogen) atoms. The highest BCUT2D eigenvalue weighted by molar-refractivity contribution is 5.88. The summed E-state index contributed by atoms with van der Waals surface area (Å²) < 4.78 is 10.4. The molecule has 8 rings (SSSR count). The van der Waals surface area contributed by atoms with E-state index in [1.165, 1.54) is 7.11 Å². The van der Waals surface area contributed by atoms with Crippen LogP contribution in [0.25, 0.3) is 22.3 Å². The number of hydrogen-bond acceptors (Lipinski definition) is 8. The molecule has 1 aliphatic carbocycles. The van der Waals surface area contributed by atoms with Crippen LogP contribution in [0, 0.1) is 23.2 Å². The van der Waals surface area contributed by atoms with Crippen molar-refractivity contribution >= 4 is 35.0 Å². The molecule has 1 spiro atoms. The molecule has 0 bridgehead atoms. The summed E-state index contributed by atoms with van der Waals surface area (Å²) in [6, 6.07) is 21.5. The summed E-state index contributed by atoms with van der Waals surface area (Å²) >= 11 is 0. The molecule has 4 amide bonds. The molecule has 2 aromatic heterocycles. The van der Waals surface area contributed by atoms with E-state index in [2.05, 4.69) is 32.4 Å². The normalized spacial score (nSPS) is 19.2. The minimum atomic E-state index is -0.836. The number of benzene rings is 3. The average Bonchev–Trinajstić information content (AvgIpc) is 3.76. The number of alkyl carbamates (subject to hydrolysis) is 2. The Kier molecular flexibility index (Phi) is 12.3. The molecular weight excluding hydrogens is 809 g/mol. The number of rotatable bonds is 10. The molecular formula is C50H58N8O6. The highest BCUT2D eigenvalue weighted by Crippen LogP contribution is 2.58. The number of hydrogen-bond donors (Lipinski definition) is 4. The van der Waals surface area contributed by atoms with E-state index in [-0.39, 0.29) is 41.1 Å². The zero-order valence-corrected chi connectivity index (χ0v) is 37.7. The van der Waals surface area contributed by atoms with Crippen LogP contribution in [0.4, 0.5) is 9.59 Å². The van der Waals surface area contributed by atoms with E-state index >= 15 is 0 Å². The van der Waals surface area contributed by atoms with Crippen LogP contribution >= 0.6 is 0 Å². The van der Waals surface area contributed by atoms with Crippen molar-refractivity contribution in [1.82, 2.24) is 40.4 Å². The van der Waals surface area contributed by atoms with Crippen molar-refractivity contribution < 1.29 is 28.7 Å². The minimum absolute atomic E-state index is 0.102.